The van der Waals surface area contributed by atoms with Crippen molar-refractivity contribution in [2.45, 2.75) is 23.6 Å². The number of nitrogens with two attached hydrogens (primary N) is 1. The summed E-state index contributed by atoms with van der Waals surface area (Å²) in [5.74, 6) is -0.256. The number of rotatable bonds is 7. The van der Waals surface area contributed by atoms with E-state index in [4.69, 9.17) is 5.73 Å². The quantitative estimate of drug-likeness (QED) is 0.546. The third-order valence-corrected chi connectivity index (χ3v) is 5.02. The number of carbonyl (C=O) groups excluding carboxylic acids is 1. The number of amides is 1. The van der Waals surface area contributed by atoms with Crippen molar-refractivity contribution in [3.63, 3.8) is 0 Å². The summed E-state index contributed by atoms with van der Waals surface area (Å²) in [6.45, 7) is 4.85. The second kappa shape index (κ2) is 9.73. The first kappa shape index (κ1) is 23.0. The molecule has 8 heteroatoms. The summed E-state index contributed by atoms with van der Waals surface area (Å²) in [7, 11) is 1.69. The van der Waals surface area contributed by atoms with Gasteiger partial charge in [-0.2, -0.15) is 0 Å². The highest BCUT2D eigenvalue weighted by atomic mass is 35.5. The molecule has 0 aromatic heterocycles. The largest absolute Gasteiger partial charge is 0.341 e. The number of hydrogen-bond donors (Lipinski definition) is 1. The fourth-order valence-corrected chi connectivity index (χ4v) is 3.43. The Morgan fingerprint density at radius 3 is 2.41 bits per heavy atom. The van der Waals surface area contributed by atoms with E-state index < -0.39 is 4.92 Å². The third kappa shape index (κ3) is 6.23. The number of hydrogen-bond acceptors (Lipinski definition) is 5. The van der Waals surface area contributed by atoms with Crippen LogP contribution in [0, 0.1) is 15.5 Å². The third-order valence-electron chi connectivity index (χ3n) is 3.94. The van der Waals surface area contributed by atoms with E-state index in [2.05, 4.69) is 0 Å². The first-order valence-corrected chi connectivity index (χ1v) is 9.02. The maximum atomic E-state index is 13.0. The number of nitro benzene ring substituents is 1. The van der Waals surface area contributed by atoms with E-state index in [-0.39, 0.29) is 29.4 Å². The minimum absolute atomic E-state index is 0. The first-order chi connectivity index (χ1) is 12.2. The van der Waals surface area contributed by atoms with E-state index in [0.29, 0.717) is 23.5 Å². The van der Waals surface area contributed by atoms with Crippen molar-refractivity contribution in [3.8, 4) is 0 Å². The molecule has 0 saturated heterocycles. The van der Waals surface area contributed by atoms with Gasteiger partial charge in [-0.3, -0.25) is 14.9 Å². The number of nitrogens with zero attached hydrogens (tertiary/aromatic N) is 2. The van der Waals surface area contributed by atoms with Crippen LogP contribution < -0.4 is 5.73 Å². The van der Waals surface area contributed by atoms with Crippen LogP contribution in [0.3, 0.4) is 0 Å². The van der Waals surface area contributed by atoms with E-state index in [0.717, 1.165) is 4.90 Å². The number of benzene rings is 2. The van der Waals surface area contributed by atoms with Crippen molar-refractivity contribution in [2.24, 2.45) is 11.1 Å². The van der Waals surface area contributed by atoms with Gasteiger partial charge in [-0.15, -0.1) is 12.4 Å². The summed E-state index contributed by atoms with van der Waals surface area (Å²) < 4.78 is 0. The molecule has 0 heterocycles. The molecule has 0 atom stereocenters. The Bertz CT molecular complexity index is 800. The van der Waals surface area contributed by atoms with Crippen LogP contribution in [0.15, 0.2) is 58.3 Å². The van der Waals surface area contributed by atoms with E-state index >= 15 is 0 Å². The van der Waals surface area contributed by atoms with E-state index in [1.807, 2.05) is 44.2 Å². The normalized spacial score (nSPS) is 10.8. The zero-order valence-corrected chi connectivity index (χ0v) is 17.2. The first-order valence-electron chi connectivity index (χ1n) is 8.20. The fourth-order valence-electron chi connectivity index (χ4n) is 2.49. The molecule has 1 amide bonds. The maximum absolute atomic E-state index is 13.0. The standard InChI is InChI=1S/C19H23N3O3S.ClH/c1-19(2,12-20)13-21(3)18(23)16-11-14(22(24)25)9-10-17(16)26-15-7-5-4-6-8-15;/h4-11H,12-13,20H2,1-3H3;1H. The lowest BCUT2D eigenvalue weighted by Crippen LogP contribution is -2.39. The van der Waals surface area contributed by atoms with Gasteiger partial charge in [0.2, 0.25) is 0 Å². The second-order valence-electron chi connectivity index (χ2n) is 6.88. The Labute approximate surface area is 169 Å². The molecule has 0 radical (unpaired) electrons. The molecule has 0 aliphatic carbocycles. The molecule has 0 saturated carbocycles. The van der Waals surface area contributed by atoms with Crippen LogP contribution in [-0.4, -0.2) is 35.9 Å². The van der Waals surface area contributed by atoms with Crippen LogP contribution in [0.1, 0.15) is 24.2 Å². The summed E-state index contributed by atoms with van der Waals surface area (Å²) in [6.07, 6.45) is 0. The lowest BCUT2D eigenvalue weighted by Gasteiger charge is -2.29. The van der Waals surface area contributed by atoms with Crippen molar-refractivity contribution in [1.82, 2.24) is 4.90 Å². The Balaban J connectivity index is 0.00000364. The van der Waals surface area contributed by atoms with E-state index in [1.54, 1.807) is 18.0 Å². The van der Waals surface area contributed by atoms with Gasteiger partial charge in [-0.1, -0.05) is 43.8 Å². The molecule has 0 fully saturated rings. The van der Waals surface area contributed by atoms with Crippen LogP contribution >= 0.6 is 24.2 Å². The molecular weight excluding hydrogens is 386 g/mol. The molecule has 2 N–H and O–H groups in total. The highest BCUT2D eigenvalue weighted by Gasteiger charge is 2.25. The molecule has 0 bridgehead atoms. The lowest BCUT2D eigenvalue weighted by atomic mass is 9.93. The van der Waals surface area contributed by atoms with Crippen LogP contribution in [0.5, 0.6) is 0 Å². The molecule has 2 aromatic carbocycles. The number of non-ortho nitro benzene ring substituents is 1. The smallest absolute Gasteiger partial charge is 0.270 e. The zero-order valence-electron chi connectivity index (χ0n) is 15.5. The van der Waals surface area contributed by atoms with Gasteiger partial charge in [0.25, 0.3) is 11.6 Å². The van der Waals surface area contributed by atoms with Gasteiger partial charge in [0.15, 0.2) is 0 Å². The Morgan fingerprint density at radius 1 is 1.22 bits per heavy atom. The number of nitro groups is 1. The SMILES string of the molecule is CN(CC(C)(C)CN)C(=O)c1cc([N+](=O)[O-])ccc1Sc1ccccc1.Cl. The Hall–Kier alpha value is -2.09. The van der Waals surface area contributed by atoms with Crippen molar-refractivity contribution >= 4 is 35.8 Å². The highest BCUT2D eigenvalue weighted by molar-refractivity contribution is 7.99. The topological polar surface area (TPSA) is 89.5 Å². The van der Waals surface area contributed by atoms with Crippen molar-refractivity contribution in [3.05, 3.63) is 64.2 Å². The molecule has 0 spiro atoms. The van der Waals surface area contributed by atoms with Gasteiger partial charge in [-0.05, 0) is 30.2 Å². The van der Waals surface area contributed by atoms with Crippen LogP contribution in [0.25, 0.3) is 0 Å². The molecule has 2 rings (SSSR count). The average molecular weight is 410 g/mol. The predicted molar refractivity (Wildman–Crippen MR) is 111 cm³/mol. The summed E-state index contributed by atoms with van der Waals surface area (Å²) in [6, 6.07) is 14.0. The Morgan fingerprint density at radius 2 is 1.85 bits per heavy atom. The molecule has 146 valence electrons. The Kier molecular flexibility index (Phi) is 8.27. The minimum atomic E-state index is -0.489. The molecule has 27 heavy (non-hydrogen) atoms. The van der Waals surface area contributed by atoms with Crippen LogP contribution in [-0.2, 0) is 0 Å². The van der Waals surface area contributed by atoms with Crippen LogP contribution in [0.4, 0.5) is 5.69 Å². The van der Waals surface area contributed by atoms with E-state index in [9.17, 15) is 14.9 Å². The monoisotopic (exact) mass is 409 g/mol. The fraction of sp³-hybridized carbons (Fsp3) is 0.316. The van der Waals surface area contributed by atoms with Gasteiger partial charge in [-0.25, -0.2) is 0 Å². The van der Waals surface area contributed by atoms with Gasteiger partial charge in [0.05, 0.1) is 10.5 Å². The molecule has 0 unspecified atom stereocenters. The van der Waals surface area contributed by atoms with Crippen LogP contribution in [0.2, 0.25) is 0 Å². The highest BCUT2D eigenvalue weighted by Crippen LogP contribution is 2.33. The summed E-state index contributed by atoms with van der Waals surface area (Å²) in [5.41, 5.74) is 5.74. The van der Waals surface area contributed by atoms with Crippen molar-refractivity contribution in [2.75, 3.05) is 20.1 Å². The zero-order chi connectivity index (χ0) is 19.3. The average Bonchev–Trinajstić information content (AvgIpc) is 2.61. The van der Waals surface area contributed by atoms with Crippen molar-refractivity contribution in [1.29, 1.82) is 0 Å². The number of halogens is 1. The van der Waals surface area contributed by atoms with E-state index in [1.165, 1.54) is 23.9 Å². The maximum Gasteiger partial charge on any atom is 0.270 e. The molecule has 0 aliphatic rings. The molecule has 0 aliphatic heterocycles. The van der Waals surface area contributed by atoms with Crippen molar-refractivity contribution < 1.29 is 9.72 Å². The number of carbonyl (C=O) groups is 1. The summed E-state index contributed by atoms with van der Waals surface area (Å²) >= 11 is 1.41. The molecule has 2 aromatic rings. The van der Waals surface area contributed by atoms with Gasteiger partial charge >= 0.3 is 0 Å². The molecular formula is C19H24ClN3O3S. The summed E-state index contributed by atoms with van der Waals surface area (Å²) in [4.78, 5) is 26.8. The van der Waals surface area contributed by atoms with Gasteiger partial charge < -0.3 is 10.6 Å². The predicted octanol–water partition coefficient (Wildman–Crippen LogP) is 4.22. The minimum Gasteiger partial charge on any atom is -0.341 e. The van der Waals surface area contributed by atoms with Gasteiger partial charge in [0.1, 0.15) is 0 Å². The molecule has 6 nitrogen and oxygen atoms in total. The van der Waals surface area contributed by atoms with Gasteiger partial charge in [0, 0.05) is 35.5 Å². The second-order valence-corrected chi connectivity index (χ2v) is 8.00. The lowest BCUT2D eigenvalue weighted by molar-refractivity contribution is -0.384. The summed E-state index contributed by atoms with van der Waals surface area (Å²) in [5, 5.41) is 11.1.